The SMILES string of the molecule is C=CCOC[C@]12CCCO[C@H]1CCN(C(=O)c1ccsc1)C2. The van der Waals surface area contributed by atoms with Gasteiger partial charge in [-0.3, -0.25) is 4.79 Å². The molecule has 3 heterocycles. The molecule has 0 aliphatic carbocycles. The van der Waals surface area contributed by atoms with E-state index in [4.69, 9.17) is 9.47 Å². The van der Waals surface area contributed by atoms with Gasteiger partial charge in [0.25, 0.3) is 5.91 Å². The van der Waals surface area contributed by atoms with E-state index in [0.29, 0.717) is 13.2 Å². The van der Waals surface area contributed by atoms with Crippen LogP contribution in [0.25, 0.3) is 0 Å². The van der Waals surface area contributed by atoms with Gasteiger partial charge in [-0.05, 0) is 30.7 Å². The summed E-state index contributed by atoms with van der Waals surface area (Å²) in [4.78, 5) is 14.6. The molecule has 2 fully saturated rings. The summed E-state index contributed by atoms with van der Waals surface area (Å²) in [5.41, 5.74) is 0.730. The lowest BCUT2D eigenvalue weighted by Gasteiger charge is -2.50. The molecule has 5 heteroatoms. The number of hydrogen-bond acceptors (Lipinski definition) is 4. The minimum absolute atomic E-state index is 0.0643. The minimum atomic E-state index is -0.0643. The zero-order valence-corrected chi connectivity index (χ0v) is 13.6. The third kappa shape index (κ3) is 3.12. The monoisotopic (exact) mass is 321 g/mol. The molecule has 2 atom stereocenters. The van der Waals surface area contributed by atoms with Gasteiger partial charge in [0.1, 0.15) is 0 Å². The molecular formula is C17H23NO3S. The van der Waals surface area contributed by atoms with Crippen LogP contribution < -0.4 is 0 Å². The highest BCUT2D eigenvalue weighted by atomic mass is 32.1. The highest BCUT2D eigenvalue weighted by molar-refractivity contribution is 7.08. The van der Waals surface area contributed by atoms with Gasteiger partial charge >= 0.3 is 0 Å². The first-order valence-electron chi connectivity index (χ1n) is 7.87. The van der Waals surface area contributed by atoms with Gasteiger partial charge < -0.3 is 14.4 Å². The number of rotatable bonds is 5. The Labute approximate surface area is 135 Å². The Morgan fingerprint density at radius 1 is 1.64 bits per heavy atom. The van der Waals surface area contributed by atoms with Crippen LogP contribution in [0.15, 0.2) is 29.5 Å². The zero-order chi connectivity index (χ0) is 15.4. The summed E-state index contributed by atoms with van der Waals surface area (Å²) in [7, 11) is 0. The van der Waals surface area contributed by atoms with Crippen molar-refractivity contribution in [3.63, 3.8) is 0 Å². The van der Waals surface area contributed by atoms with Crippen molar-refractivity contribution in [2.24, 2.45) is 5.41 Å². The van der Waals surface area contributed by atoms with Gasteiger partial charge in [-0.25, -0.2) is 0 Å². The van der Waals surface area contributed by atoms with Gasteiger partial charge in [-0.15, -0.1) is 6.58 Å². The van der Waals surface area contributed by atoms with Gasteiger partial charge in [-0.2, -0.15) is 11.3 Å². The van der Waals surface area contributed by atoms with E-state index >= 15 is 0 Å². The number of thiophene rings is 1. The number of nitrogens with zero attached hydrogens (tertiary/aromatic N) is 1. The normalized spacial score (nSPS) is 28.2. The molecule has 4 nitrogen and oxygen atoms in total. The predicted octanol–water partition coefficient (Wildman–Crippen LogP) is 2.96. The Morgan fingerprint density at radius 2 is 2.55 bits per heavy atom. The average Bonchev–Trinajstić information content (AvgIpc) is 3.08. The second kappa shape index (κ2) is 6.94. The number of carbonyl (C=O) groups excluding carboxylic acids is 1. The van der Waals surface area contributed by atoms with E-state index in [-0.39, 0.29) is 17.4 Å². The van der Waals surface area contributed by atoms with E-state index in [2.05, 4.69) is 6.58 Å². The van der Waals surface area contributed by atoms with E-state index in [1.165, 1.54) is 0 Å². The van der Waals surface area contributed by atoms with Crippen LogP contribution >= 0.6 is 11.3 Å². The van der Waals surface area contributed by atoms with Crippen molar-refractivity contribution >= 4 is 17.2 Å². The maximum atomic E-state index is 12.6. The molecule has 0 spiro atoms. The fraction of sp³-hybridized carbons (Fsp3) is 0.588. The lowest BCUT2D eigenvalue weighted by molar-refractivity contribution is -0.144. The molecule has 0 radical (unpaired) electrons. The van der Waals surface area contributed by atoms with Crippen LogP contribution in [0.1, 0.15) is 29.6 Å². The molecule has 0 unspecified atom stereocenters. The molecule has 0 aromatic carbocycles. The minimum Gasteiger partial charge on any atom is -0.377 e. The molecule has 1 amide bonds. The molecule has 22 heavy (non-hydrogen) atoms. The Bertz CT molecular complexity index is 516. The van der Waals surface area contributed by atoms with Gasteiger partial charge in [0.15, 0.2) is 0 Å². The number of hydrogen-bond donors (Lipinski definition) is 0. The summed E-state index contributed by atoms with van der Waals surface area (Å²) in [5.74, 6) is 0.133. The maximum Gasteiger partial charge on any atom is 0.254 e. The topological polar surface area (TPSA) is 38.8 Å². The number of amides is 1. The van der Waals surface area contributed by atoms with Crippen LogP contribution in [-0.2, 0) is 9.47 Å². The van der Waals surface area contributed by atoms with Crippen molar-refractivity contribution in [3.8, 4) is 0 Å². The van der Waals surface area contributed by atoms with Crippen molar-refractivity contribution in [2.45, 2.75) is 25.4 Å². The Kier molecular flexibility index (Phi) is 4.96. The number of fused-ring (bicyclic) bond motifs is 1. The largest absolute Gasteiger partial charge is 0.377 e. The molecule has 2 aliphatic heterocycles. The number of likely N-dealkylation sites (tertiary alicyclic amines) is 1. The molecule has 1 aromatic rings. The molecular weight excluding hydrogens is 298 g/mol. The Morgan fingerprint density at radius 3 is 3.32 bits per heavy atom. The van der Waals surface area contributed by atoms with Crippen LogP contribution in [0, 0.1) is 5.41 Å². The van der Waals surface area contributed by atoms with E-state index in [1.807, 2.05) is 21.7 Å². The predicted molar refractivity (Wildman–Crippen MR) is 87.3 cm³/mol. The summed E-state index contributed by atoms with van der Waals surface area (Å²) in [5, 5.41) is 3.87. The molecule has 0 bridgehead atoms. The standard InChI is InChI=1S/C17H23NO3S/c1-2-8-20-13-17-6-3-9-21-15(17)4-7-18(12-17)16(19)14-5-10-22-11-14/h2,5,10-11,15H,1,3-4,6-9,12-13H2/t15-,17+/m0/s1. The molecule has 1 aromatic heterocycles. The molecule has 120 valence electrons. The molecule has 0 saturated carbocycles. The smallest absolute Gasteiger partial charge is 0.254 e. The van der Waals surface area contributed by atoms with Crippen molar-refractivity contribution in [3.05, 3.63) is 35.0 Å². The van der Waals surface area contributed by atoms with Crippen molar-refractivity contribution < 1.29 is 14.3 Å². The zero-order valence-electron chi connectivity index (χ0n) is 12.8. The van der Waals surface area contributed by atoms with E-state index in [1.54, 1.807) is 17.4 Å². The Hall–Kier alpha value is -1.17. The van der Waals surface area contributed by atoms with Crippen LogP contribution in [0.5, 0.6) is 0 Å². The van der Waals surface area contributed by atoms with Crippen LogP contribution in [-0.4, -0.2) is 49.8 Å². The summed E-state index contributed by atoms with van der Waals surface area (Å²) in [6.07, 6.45) is 4.97. The average molecular weight is 321 g/mol. The summed E-state index contributed by atoms with van der Waals surface area (Å²) in [6.45, 7) is 7.20. The van der Waals surface area contributed by atoms with Gasteiger partial charge in [0.2, 0.25) is 0 Å². The first kappa shape index (κ1) is 15.7. The van der Waals surface area contributed by atoms with E-state index < -0.39 is 0 Å². The molecule has 3 rings (SSSR count). The highest BCUT2D eigenvalue weighted by Gasteiger charge is 2.47. The third-order valence-electron chi connectivity index (χ3n) is 4.67. The highest BCUT2D eigenvalue weighted by Crippen LogP contribution is 2.40. The number of piperidine rings is 1. The second-order valence-electron chi connectivity index (χ2n) is 6.16. The Balaban J connectivity index is 1.74. The van der Waals surface area contributed by atoms with Gasteiger partial charge in [0, 0.05) is 30.5 Å². The molecule has 2 aliphatic rings. The fourth-order valence-corrected chi connectivity index (χ4v) is 4.22. The maximum absolute atomic E-state index is 12.6. The lowest BCUT2D eigenvalue weighted by Crippen LogP contribution is -2.58. The van der Waals surface area contributed by atoms with Crippen LogP contribution in [0.4, 0.5) is 0 Å². The lowest BCUT2D eigenvalue weighted by atomic mass is 9.73. The second-order valence-corrected chi connectivity index (χ2v) is 6.94. The van der Waals surface area contributed by atoms with Crippen molar-refractivity contribution in [2.75, 3.05) is 32.9 Å². The first-order chi connectivity index (χ1) is 10.7. The summed E-state index contributed by atoms with van der Waals surface area (Å²) < 4.78 is 11.8. The molecule has 0 N–H and O–H groups in total. The fourth-order valence-electron chi connectivity index (χ4n) is 3.59. The summed E-state index contributed by atoms with van der Waals surface area (Å²) >= 11 is 1.56. The van der Waals surface area contributed by atoms with Crippen LogP contribution in [0.2, 0.25) is 0 Å². The third-order valence-corrected chi connectivity index (χ3v) is 5.35. The van der Waals surface area contributed by atoms with Gasteiger partial charge in [-0.1, -0.05) is 6.08 Å². The quantitative estimate of drug-likeness (QED) is 0.618. The van der Waals surface area contributed by atoms with E-state index in [9.17, 15) is 4.79 Å². The summed E-state index contributed by atoms with van der Waals surface area (Å²) in [6, 6.07) is 1.90. The first-order valence-corrected chi connectivity index (χ1v) is 8.81. The van der Waals surface area contributed by atoms with Crippen molar-refractivity contribution in [1.29, 1.82) is 0 Å². The number of carbonyl (C=O) groups is 1. The van der Waals surface area contributed by atoms with E-state index in [0.717, 1.165) is 44.5 Å². The number of ether oxygens (including phenoxy) is 2. The van der Waals surface area contributed by atoms with Crippen molar-refractivity contribution in [1.82, 2.24) is 4.90 Å². The van der Waals surface area contributed by atoms with Gasteiger partial charge in [0.05, 0.1) is 24.9 Å². The van der Waals surface area contributed by atoms with Crippen LogP contribution in [0.3, 0.4) is 0 Å². The molecule has 2 saturated heterocycles.